The highest BCUT2D eigenvalue weighted by molar-refractivity contribution is 5.89. The summed E-state index contributed by atoms with van der Waals surface area (Å²) < 4.78 is 32.9. The predicted octanol–water partition coefficient (Wildman–Crippen LogP) is 2.66. The lowest BCUT2D eigenvalue weighted by atomic mass is 10.1. The molecule has 0 bridgehead atoms. The van der Waals surface area contributed by atoms with Gasteiger partial charge in [-0.15, -0.1) is 0 Å². The van der Waals surface area contributed by atoms with E-state index in [1.807, 2.05) is 12.1 Å². The second-order valence-corrected chi connectivity index (χ2v) is 7.31. The molecule has 1 aliphatic rings. The van der Waals surface area contributed by atoms with Gasteiger partial charge in [0.2, 0.25) is 6.29 Å². The highest BCUT2D eigenvalue weighted by Gasteiger charge is 2.50. The third-order valence-corrected chi connectivity index (χ3v) is 4.84. The Kier molecular flexibility index (Phi) is 8.39. The largest absolute Gasteiger partial charge is 0.497 e. The third kappa shape index (κ3) is 6.77. The second-order valence-electron chi connectivity index (χ2n) is 7.31. The first-order valence-electron chi connectivity index (χ1n) is 10.3. The van der Waals surface area contributed by atoms with Crippen LogP contribution >= 0.6 is 0 Å². The van der Waals surface area contributed by atoms with E-state index >= 15 is 0 Å². The van der Waals surface area contributed by atoms with Crippen LogP contribution in [0.25, 0.3) is 0 Å². The lowest BCUT2D eigenvalue weighted by Crippen LogP contribution is -2.41. The number of esters is 3. The molecule has 2 aromatic rings. The molecule has 0 aliphatic carbocycles. The summed E-state index contributed by atoms with van der Waals surface area (Å²) in [5.74, 6) is -1.07. The first-order chi connectivity index (χ1) is 15.9. The zero-order valence-electron chi connectivity index (χ0n) is 18.6. The maximum atomic E-state index is 12.4. The Morgan fingerprint density at radius 2 is 1.55 bits per heavy atom. The van der Waals surface area contributed by atoms with Gasteiger partial charge in [0.1, 0.15) is 24.6 Å². The molecule has 0 spiro atoms. The van der Waals surface area contributed by atoms with Gasteiger partial charge in [0.05, 0.1) is 19.3 Å². The Morgan fingerprint density at radius 3 is 2.15 bits per heavy atom. The molecular weight excluding hydrogens is 432 g/mol. The van der Waals surface area contributed by atoms with Gasteiger partial charge >= 0.3 is 17.9 Å². The van der Waals surface area contributed by atoms with Gasteiger partial charge in [0.25, 0.3) is 0 Å². The van der Waals surface area contributed by atoms with Crippen LogP contribution in [0.4, 0.5) is 0 Å². The minimum Gasteiger partial charge on any atom is -0.497 e. The molecule has 1 heterocycles. The number of hydrogen-bond acceptors (Lipinski definition) is 9. The standard InChI is InChI=1S/C24H26O9/c1-15(25)31-22-21(29-13-17-9-11-19(28-3)12-10-17)20(33-24(22)32-16(2)26)14-30-23(27)18-7-5-4-6-8-18/h4-12,20-22,24H,13-14H2,1-3H3/t20-,21-,22-,24?/m1/s1. The summed E-state index contributed by atoms with van der Waals surface area (Å²) in [5.41, 5.74) is 1.20. The molecule has 0 aromatic heterocycles. The molecule has 0 saturated carbocycles. The van der Waals surface area contributed by atoms with Gasteiger partial charge in [-0.05, 0) is 29.8 Å². The number of ether oxygens (including phenoxy) is 6. The average molecular weight is 458 g/mol. The highest BCUT2D eigenvalue weighted by Crippen LogP contribution is 2.29. The van der Waals surface area contributed by atoms with Crippen LogP contribution in [0.5, 0.6) is 5.75 Å². The van der Waals surface area contributed by atoms with Crippen molar-refractivity contribution in [3.63, 3.8) is 0 Å². The van der Waals surface area contributed by atoms with Crippen LogP contribution in [0, 0.1) is 0 Å². The zero-order chi connectivity index (χ0) is 23.8. The Hall–Kier alpha value is -3.43. The molecule has 0 amide bonds. The van der Waals surface area contributed by atoms with E-state index in [2.05, 4.69) is 0 Å². The second kappa shape index (κ2) is 11.4. The Bertz CT molecular complexity index is 942. The SMILES string of the molecule is COc1ccc(CO[C@@H]2[C@@H](COC(=O)c3ccccc3)OC(OC(C)=O)[C@@H]2OC(C)=O)cc1. The normalized spacial score (nSPS) is 21.8. The van der Waals surface area contributed by atoms with Crippen molar-refractivity contribution in [2.24, 2.45) is 0 Å². The van der Waals surface area contributed by atoms with Crippen molar-refractivity contribution in [3.05, 3.63) is 65.7 Å². The van der Waals surface area contributed by atoms with Gasteiger partial charge in [0, 0.05) is 13.8 Å². The lowest BCUT2D eigenvalue weighted by molar-refractivity contribution is -0.196. The zero-order valence-corrected chi connectivity index (χ0v) is 18.6. The van der Waals surface area contributed by atoms with E-state index in [-0.39, 0.29) is 13.2 Å². The highest BCUT2D eigenvalue weighted by atomic mass is 16.7. The first-order valence-corrected chi connectivity index (χ1v) is 10.3. The summed E-state index contributed by atoms with van der Waals surface area (Å²) in [4.78, 5) is 35.6. The van der Waals surface area contributed by atoms with E-state index < -0.39 is 42.5 Å². The maximum Gasteiger partial charge on any atom is 0.338 e. The van der Waals surface area contributed by atoms with Crippen LogP contribution in [-0.4, -0.2) is 56.2 Å². The monoisotopic (exact) mass is 458 g/mol. The van der Waals surface area contributed by atoms with Gasteiger partial charge in [-0.3, -0.25) is 9.59 Å². The van der Waals surface area contributed by atoms with Gasteiger partial charge in [-0.2, -0.15) is 0 Å². The number of benzene rings is 2. The summed E-state index contributed by atoms with van der Waals surface area (Å²) in [6.07, 6.45) is -3.94. The predicted molar refractivity (Wildman–Crippen MR) is 114 cm³/mol. The molecule has 9 nitrogen and oxygen atoms in total. The number of carbonyl (C=O) groups is 3. The van der Waals surface area contributed by atoms with Gasteiger partial charge in [-0.1, -0.05) is 30.3 Å². The van der Waals surface area contributed by atoms with Crippen molar-refractivity contribution >= 4 is 17.9 Å². The molecule has 0 N–H and O–H groups in total. The summed E-state index contributed by atoms with van der Waals surface area (Å²) in [6.45, 7) is 2.39. The Balaban J connectivity index is 1.74. The third-order valence-electron chi connectivity index (χ3n) is 4.84. The summed E-state index contributed by atoms with van der Waals surface area (Å²) in [6, 6.07) is 15.7. The van der Waals surface area contributed by atoms with Gasteiger partial charge in [0.15, 0.2) is 6.10 Å². The molecule has 2 aromatic carbocycles. The van der Waals surface area contributed by atoms with E-state index in [1.54, 1.807) is 49.6 Å². The Morgan fingerprint density at radius 1 is 0.879 bits per heavy atom. The van der Waals surface area contributed by atoms with Crippen molar-refractivity contribution in [2.75, 3.05) is 13.7 Å². The molecule has 176 valence electrons. The first kappa shape index (κ1) is 24.2. The van der Waals surface area contributed by atoms with Crippen LogP contribution in [0.15, 0.2) is 54.6 Å². The Labute approximate surface area is 191 Å². The molecule has 1 saturated heterocycles. The quantitative estimate of drug-likeness (QED) is 0.414. The topological polar surface area (TPSA) is 107 Å². The summed E-state index contributed by atoms with van der Waals surface area (Å²) in [7, 11) is 1.57. The van der Waals surface area contributed by atoms with E-state index in [1.165, 1.54) is 13.8 Å². The number of rotatable bonds is 9. The van der Waals surface area contributed by atoms with E-state index in [0.29, 0.717) is 11.3 Å². The molecular formula is C24H26O9. The van der Waals surface area contributed by atoms with Crippen molar-refractivity contribution in [1.82, 2.24) is 0 Å². The van der Waals surface area contributed by atoms with Gasteiger partial charge in [-0.25, -0.2) is 4.79 Å². The maximum absolute atomic E-state index is 12.4. The molecule has 9 heteroatoms. The number of hydrogen-bond donors (Lipinski definition) is 0. The van der Waals surface area contributed by atoms with Crippen molar-refractivity contribution in [3.8, 4) is 5.75 Å². The summed E-state index contributed by atoms with van der Waals surface area (Å²) in [5, 5.41) is 0. The van der Waals surface area contributed by atoms with Crippen molar-refractivity contribution in [2.45, 2.75) is 45.1 Å². The van der Waals surface area contributed by atoms with E-state index in [0.717, 1.165) is 5.56 Å². The van der Waals surface area contributed by atoms with Crippen LogP contribution < -0.4 is 4.74 Å². The molecule has 1 aliphatic heterocycles. The van der Waals surface area contributed by atoms with Crippen LogP contribution in [0.2, 0.25) is 0 Å². The molecule has 1 fully saturated rings. The molecule has 1 unspecified atom stereocenters. The average Bonchev–Trinajstić information content (AvgIpc) is 3.11. The molecule has 33 heavy (non-hydrogen) atoms. The fourth-order valence-corrected chi connectivity index (χ4v) is 3.33. The van der Waals surface area contributed by atoms with Gasteiger partial charge < -0.3 is 28.4 Å². The van der Waals surface area contributed by atoms with Crippen LogP contribution in [0.3, 0.4) is 0 Å². The minimum atomic E-state index is -1.20. The fraction of sp³-hybridized carbons (Fsp3) is 0.375. The van der Waals surface area contributed by atoms with Crippen molar-refractivity contribution < 1.29 is 42.8 Å². The smallest absolute Gasteiger partial charge is 0.338 e. The number of methoxy groups -OCH3 is 1. The van der Waals surface area contributed by atoms with E-state index in [9.17, 15) is 14.4 Å². The van der Waals surface area contributed by atoms with Crippen LogP contribution in [-0.2, 0) is 39.9 Å². The number of carbonyl (C=O) groups excluding carboxylic acids is 3. The lowest BCUT2D eigenvalue weighted by Gasteiger charge is -2.23. The summed E-state index contributed by atoms with van der Waals surface area (Å²) >= 11 is 0. The van der Waals surface area contributed by atoms with E-state index in [4.69, 9.17) is 28.4 Å². The fourth-order valence-electron chi connectivity index (χ4n) is 3.33. The molecule has 3 rings (SSSR count). The van der Waals surface area contributed by atoms with Crippen molar-refractivity contribution in [1.29, 1.82) is 0 Å². The molecule has 0 radical (unpaired) electrons. The molecule has 4 atom stereocenters. The van der Waals surface area contributed by atoms with Crippen LogP contribution in [0.1, 0.15) is 29.8 Å². The minimum absolute atomic E-state index is 0.145.